The second-order valence-electron chi connectivity index (χ2n) is 4.41. The molecule has 21 heavy (non-hydrogen) atoms. The molecule has 6 heteroatoms. The topological polar surface area (TPSA) is 53.4 Å². The number of hydrogen-bond acceptors (Lipinski definition) is 3. The average Bonchev–Trinajstić information content (AvgIpc) is 2.47. The van der Waals surface area contributed by atoms with E-state index in [-0.39, 0.29) is 34.9 Å². The number of amides is 1. The average molecular weight is 325 g/mol. The van der Waals surface area contributed by atoms with Gasteiger partial charge in [-0.15, -0.1) is 0 Å². The fraction of sp³-hybridized carbons (Fsp3) is 0.200. The van der Waals surface area contributed by atoms with Crippen LogP contribution in [0.2, 0.25) is 10.3 Å². The third kappa shape index (κ3) is 4.17. The van der Waals surface area contributed by atoms with Crippen LogP contribution in [0.4, 0.5) is 0 Å². The van der Waals surface area contributed by atoms with Gasteiger partial charge in [0.1, 0.15) is 10.3 Å². The maximum atomic E-state index is 12.5. The molecule has 1 amide bonds. The van der Waals surface area contributed by atoms with Crippen LogP contribution in [0.15, 0.2) is 42.5 Å². The number of nitrogens with zero attached hydrogens (tertiary/aromatic N) is 2. The van der Waals surface area contributed by atoms with Crippen LogP contribution >= 0.6 is 23.2 Å². The lowest BCUT2D eigenvalue weighted by Crippen LogP contribution is -2.33. The Morgan fingerprint density at radius 2 is 1.86 bits per heavy atom. The predicted molar refractivity (Wildman–Crippen MR) is 82.5 cm³/mol. The number of carbonyl (C=O) groups excluding carboxylic acids is 1. The van der Waals surface area contributed by atoms with Crippen molar-refractivity contribution in [3.8, 4) is 0 Å². The summed E-state index contributed by atoms with van der Waals surface area (Å²) >= 11 is 11.7. The second kappa shape index (κ2) is 7.41. The summed E-state index contributed by atoms with van der Waals surface area (Å²) in [7, 11) is 0. The van der Waals surface area contributed by atoms with Gasteiger partial charge in [0.15, 0.2) is 0 Å². The normalized spacial score (nSPS) is 10.4. The van der Waals surface area contributed by atoms with Crippen LogP contribution in [-0.4, -0.2) is 34.0 Å². The number of aliphatic hydroxyl groups is 1. The number of halogens is 2. The number of benzene rings is 1. The lowest BCUT2D eigenvalue weighted by atomic mass is 10.2. The van der Waals surface area contributed by atoms with Crippen LogP contribution in [0, 0.1) is 0 Å². The van der Waals surface area contributed by atoms with Crippen LogP contribution in [0.1, 0.15) is 15.9 Å². The molecule has 2 rings (SSSR count). The minimum Gasteiger partial charge on any atom is -0.395 e. The van der Waals surface area contributed by atoms with Gasteiger partial charge in [0.25, 0.3) is 5.91 Å². The van der Waals surface area contributed by atoms with Gasteiger partial charge in [-0.3, -0.25) is 4.79 Å². The van der Waals surface area contributed by atoms with Gasteiger partial charge in [0.05, 0.1) is 12.2 Å². The highest BCUT2D eigenvalue weighted by molar-refractivity contribution is 6.34. The molecule has 1 aromatic heterocycles. The molecule has 0 radical (unpaired) electrons. The summed E-state index contributed by atoms with van der Waals surface area (Å²) in [4.78, 5) is 17.9. The lowest BCUT2D eigenvalue weighted by Gasteiger charge is -2.22. The molecule has 0 unspecified atom stereocenters. The van der Waals surface area contributed by atoms with E-state index in [1.54, 1.807) is 0 Å². The van der Waals surface area contributed by atoms with E-state index in [1.807, 2.05) is 30.3 Å². The van der Waals surface area contributed by atoms with Gasteiger partial charge in [-0.1, -0.05) is 53.5 Å². The smallest absolute Gasteiger partial charge is 0.257 e. The van der Waals surface area contributed by atoms with Crippen molar-refractivity contribution in [2.24, 2.45) is 0 Å². The Balaban J connectivity index is 2.23. The highest BCUT2D eigenvalue weighted by atomic mass is 35.5. The first-order valence-corrected chi connectivity index (χ1v) is 7.13. The van der Waals surface area contributed by atoms with Gasteiger partial charge in [0.2, 0.25) is 0 Å². The molecule has 0 atom stereocenters. The van der Waals surface area contributed by atoms with Crippen molar-refractivity contribution in [1.82, 2.24) is 9.88 Å². The Morgan fingerprint density at radius 3 is 2.48 bits per heavy atom. The van der Waals surface area contributed by atoms with Crippen molar-refractivity contribution in [3.05, 3.63) is 63.9 Å². The molecule has 0 saturated heterocycles. The standard InChI is InChI=1S/C15H14Cl2N2O2/c16-13-7-6-12(14(17)18-13)15(21)19(8-9-20)10-11-4-2-1-3-5-11/h1-7,20H,8-10H2. The van der Waals surface area contributed by atoms with Gasteiger partial charge in [0, 0.05) is 13.1 Å². The highest BCUT2D eigenvalue weighted by Crippen LogP contribution is 2.19. The summed E-state index contributed by atoms with van der Waals surface area (Å²) < 4.78 is 0. The summed E-state index contributed by atoms with van der Waals surface area (Å²) in [6.07, 6.45) is 0. The van der Waals surface area contributed by atoms with E-state index < -0.39 is 0 Å². The molecule has 0 bridgehead atoms. The van der Waals surface area contributed by atoms with Gasteiger partial charge < -0.3 is 10.0 Å². The van der Waals surface area contributed by atoms with E-state index >= 15 is 0 Å². The molecule has 0 aliphatic heterocycles. The zero-order chi connectivity index (χ0) is 15.2. The highest BCUT2D eigenvalue weighted by Gasteiger charge is 2.19. The minimum absolute atomic E-state index is 0.0588. The number of aliphatic hydroxyl groups excluding tert-OH is 1. The summed E-state index contributed by atoms with van der Waals surface area (Å²) in [5.74, 6) is -0.290. The first kappa shape index (κ1) is 15.8. The molecule has 0 saturated carbocycles. The minimum atomic E-state index is -0.290. The molecule has 1 N–H and O–H groups in total. The van der Waals surface area contributed by atoms with Crippen molar-refractivity contribution in [2.45, 2.75) is 6.54 Å². The molecule has 110 valence electrons. The molecule has 4 nitrogen and oxygen atoms in total. The molecule has 2 aromatic rings. The predicted octanol–water partition coefficient (Wildman–Crippen LogP) is 3.02. The number of rotatable bonds is 5. The largest absolute Gasteiger partial charge is 0.395 e. The van der Waals surface area contributed by atoms with E-state index in [1.165, 1.54) is 17.0 Å². The maximum Gasteiger partial charge on any atom is 0.257 e. The Labute approximate surface area is 132 Å². The van der Waals surface area contributed by atoms with Crippen molar-refractivity contribution in [2.75, 3.05) is 13.2 Å². The van der Waals surface area contributed by atoms with Crippen molar-refractivity contribution in [3.63, 3.8) is 0 Å². The molecule has 0 fully saturated rings. The Kier molecular flexibility index (Phi) is 5.56. The third-order valence-electron chi connectivity index (χ3n) is 2.92. The van der Waals surface area contributed by atoms with Crippen LogP contribution in [0.25, 0.3) is 0 Å². The summed E-state index contributed by atoms with van der Waals surface area (Å²) in [6, 6.07) is 12.6. The molecule has 1 aromatic carbocycles. The van der Waals surface area contributed by atoms with E-state index in [9.17, 15) is 4.79 Å². The van der Waals surface area contributed by atoms with Crippen molar-refractivity contribution < 1.29 is 9.90 Å². The van der Waals surface area contributed by atoms with E-state index in [4.69, 9.17) is 28.3 Å². The first-order valence-electron chi connectivity index (χ1n) is 6.38. The van der Waals surface area contributed by atoms with Crippen molar-refractivity contribution in [1.29, 1.82) is 0 Å². The lowest BCUT2D eigenvalue weighted by molar-refractivity contribution is 0.0707. The summed E-state index contributed by atoms with van der Waals surface area (Å²) in [5.41, 5.74) is 1.24. The first-order chi connectivity index (χ1) is 10.1. The third-order valence-corrected chi connectivity index (χ3v) is 3.42. The Morgan fingerprint density at radius 1 is 1.14 bits per heavy atom. The molecule has 0 aliphatic rings. The van der Waals surface area contributed by atoms with Gasteiger partial charge >= 0.3 is 0 Å². The molecular weight excluding hydrogens is 311 g/mol. The van der Waals surface area contributed by atoms with E-state index in [0.717, 1.165) is 5.56 Å². The SMILES string of the molecule is O=C(c1ccc(Cl)nc1Cl)N(CCO)Cc1ccccc1. The molecule has 0 spiro atoms. The number of aromatic nitrogens is 1. The van der Waals surface area contributed by atoms with E-state index in [0.29, 0.717) is 6.54 Å². The molecule has 1 heterocycles. The summed E-state index contributed by atoms with van der Waals surface area (Å²) in [6.45, 7) is 0.475. The van der Waals surface area contributed by atoms with Crippen molar-refractivity contribution >= 4 is 29.1 Å². The monoisotopic (exact) mass is 324 g/mol. The molecule has 0 aliphatic carbocycles. The zero-order valence-corrected chi connectivity index (χ0v) is 12.7. The zero-order valence-electron chi connectivity index (χ0n) is 11.2. The van der Waals surface area contributed by atoms with Crippen LogP contribution in [0.3, 0.4) is 0 Å². The maximum absolute atomic E-state index is 12.5. The number of pyridine rings is 1. The van der Waals surface area contributed by atoms with Crippen LogP contribution < -0.4 is 0 Å². The second-order valence-corrected chi connectivity index (χ2v) is 5.15. The molecular formula is C15H14Cl2N2O2. The van der Waals surface area contributed by atoms with E-state index in [2.05, 4.69) is 4.98 Å². The summed E-state index contributed by atoms with van der Waals surface area (Å²) in [5, 5.41) is 9.45. The van der Waals surface area contributed by atoms with Crippen LogP contribution in [0.5, 0.6) is 0 Å². The number of carbonyl (C=O) groups is 1. The fourth-order valence-corrected chi connectivity index (χ4v) is 2.34. The van der Waals surface area contributed by atoms with Gasteiger partial charge in [-0.05, 0) is 17.7 Å². The quantitative estimate of drug-likeness (QED) is 0.860. The van der Waals surface area contributed by atoms with Gasteiger partial charge in [-0.2, -0.15) is 0 Å². The Hall–Kier alpha value is -1.62. The van der Waals surface area contributed by atoms with Gasteiger partial charge in [-0.25, -0.2) is 4.98 Å². The fourth-order valence-electron chi connectivity index (χ4n) is 1.92. The van der Waals surface area contributed by atoms with Crippen LogP contribution in [-0.2, 0) is 6.54 Å². The Bertz CT molecular complexity index is 620. The number of hydrogen-bond donors (Lipinski definition) is 1.